The van der Waals surface area contributed by atoms with Crippen molar-refractivity contribution in [1.29, 1.82) is 5.26 Å². The van der Waals surface area contributed by atoms with Gasteiger partial charge in [-0.2, -0.15) is 5.26 Å². The number of aliphatic hydroxyl groups is 1. The second-order valence-electron chi connectivity index (χ2n) is 5.86. The normalized spacial score (nSPS) is 15.7. The van der Waals surface area contributed by atoms with Crippen LogP contribution in [-0.2, 0) is 9.47 Å². The summed E-state index contributed by atoms with van der Waals surface area (Å²) in [6, 6.07) is 18.8. The molecule has 1 saturated heterocycles. The molecule has 0 bridgehead atoms. The second kappa shape index (κ2) is 10.2. The molecule has 0 spiro atoms. The smallest absolute Gasteiger partial charge is 0.138 e. The first-order chi connectivity index (χ1) is 13.7. The molecular weight excluding hydrogens is 396 g/mol. The number of hydrogen-bond acceptors (Lipinski definition) is 6. The number of nitrogens with zero attached hydrogens (tertiary/aromatic N) is 2. The van der Waals surface area contributed by atoms with Gasteiger partial charge in [0.25, 0.3) is 0 Å². The van der Waals surface area contributed by atoms with E-state index in [1.54, 1.807) is 12.1 Å². The number of ether oxygens (including phenoxy) is 2. The van der Waals surface area contributed by atoms with Crippen molar-refractivity contribution in [2.24, 2.45) is 0 Å². The van der Waals surface area contributed by atoms with Crippen molar-refractivity contribution in [3.63, 3.8) is 0 Å². The van der Waals surface area contributed by atoms with Crippen LogP contribution < -0.4 is 0 Å². The number of rotatable bonds is 3. The van der Waals surface area contributed by atoms with E-state index in [4.69, 9.17) is 21.1 Å². The highest BCUT2D eigenvalue weighted by Crippen LogP contribution is 2.34. The third-order valence-corrected chi connectivity index (χ3v) is 5.46. The molecule has 0 amide bonds. The Labute approximate surface area is 172 Å². The van der Waals surface area contributed by atoms with E-state index < -0.39 is 5.38 Å². The third-order valence-electron chi connectivity index (χ3n) is 3.95. The Balaban J connectivity index is 0.000000320. The molecule has 0 saturated carbocycles. The summed E-state index contributed by atoms with van der Waals surface area (Å²) < 4.78 is 10.9. The van der Waals surface area contributed by atoms with Crippen LogP contribution in [0.3, 0.4) is 0 Å². The maximum absolute atomic E-state index is 10.4. The molecule has 1 N–H and O–H groups in total. The standard InChI is InChI=1S/C17H11ClN2OS.C4H8O2/c18-15(11-6-2-1-3-7-11)16(21)12(10-19)17-20-13-8-4-5-9-14(13)22-17;1-2-6-4-3-5-1/h1-9,15,21H;1-4H2/b16-12-;. The number of hydrogen-bond donors (Lipinski definition) is 1. The van der Waals surface area contributed by atoms with Crippen LogP contribution in [0.4, 0.5) is 0 Å². The lowest BCUT2D eigenvalue weighted by molar-refractivity contribution is -0.0334. The molecule has 2 aromatic carbocycles. The van der Waals surface area contributed by atoms with Gasteiger partial charge in [0.05, 0.1) is 36.6 Å². The minimum atomic E-state index is -0.775. The Morgan fingerprint density at radius 3 is 2.21 bits per heavy atom. The average Bonchev–Trinajstić information content (AvgIpc) is 3.19. The van der Waals surface area contributed by atoms with E-state index in [9.17, 15) is 10.4 Å². The number of allylic oxidation sites excluding steroid dienone is 2. The Bertz CT molecular complexity index is 933. The van der Waals surface area contributed by atoms with Crippen LogP contribution in [0.15, 0.2) is 60.4 Å². The SMILES string of the molecule is C1COCCO1.N#C/C(=C(/O)C(Cl)c1ccccc1)c1nc2ccccc2s1. The van der Waals surface area contributed by atoms with Gasteiger partial charge in [-0.05, 0) is 17.7 Å². The van der Waals surface area contributed by atoms with Crippen LogP contribution >= 0.6 is 22.9 Å². The monoisotopic (exact) mass is 414 g/mol. The quantitative estimate of drug-likeness (QED) is 0.366. The highest BCUT2D eigenvalue weighted by Gasteiger charge is 2.21. The van der Waals surface area contributed by atoms with E-state index >= 15 is 0 Å². The van der Waals surface area contributed by atoms with E-state index in [2.05, 4.69) is 4.98 Å². The molecule has 1 aliphatic rings. The second-order valence-corrected chi connectivity index (χ2v) is 7.32. The number of nitriles is 1. The Kier molecular flexibility index (Phi) is 7.40. The van der Waals surface area contributed by atoms with Crippen molar-refractivity contribution in [3.8, 4) is 6.07 Å². The maximum atomic E-state index is 10.4. The van der Waals surface area contributed by atoms with E-state index in [1.165, 1.54) is 11.3 Å². The number of halogens is 1. The molecular formula is C21H19ClN2O3S. The number of alkyl halides is 1. The van der Waals surface area contributed by atoms with Gasteiger partial charge in [-0.15, -0.1) is 22.9 Å². The van der Waals surface area contributed by atoms with Crippen LogP contribution in [0.5, 0.6) is 0 Å². The Hall–Kier alpha value is -2.43. The maximum Gasteiger partial charge on any atom is 0.138 e. The number of para-hydroxylation sites is 1. The van der Waals surface area contributed by atoms with Crippen molar-refractivity contribution in [1.82, 2.24) is 4.98 Å². The van der Waals surface area contributed by atoms with E-state index in [0.717, 1.165) is 42.2 Å². The summed E-state index contributed by atoms with van der Waals surface area (Å²) in [6.07, 6.45) is 0. The van der Waals surface area contributed by atoms with Crippen LogP contribution in [0.1, 0.15) is 15.9 Å². The van der Waals surface area contributed by atoms with Crippen molar-refractivity contribution in [3.05, 3.63) is 70.9 Å². The summed E-state index contributed by atoms with van der Waals surface area (Å²) in [5.41, 5.74) is 1.65. The molecule has 0 aliphatic carbocycles. The molecule has 1 atom stereocenters. The number of aliphatic hydroxyl groups excluding tert-OH is 1. The highest BCUT2D eigenvalue weighted by molar-refractivity contribution is 7.19. The zero-order valence-corrected chi connectivity index (χ0v) is 16.6. The third kappa shape index (κ3) is 5.09. The molecule has 7 heteroatoms. The number of fused-ring (bicyclic) bond motifs is 1. The van der Waals surface area contributed by atoms with Gasteiger partial charge < -0.3 is 14.6 Å². The van der Waals surface area contributed by atoms with Crippen LogP contribution in [0, 0.1) is 11.3 Å². The first kappa shape index (κ1) is 20.3. The molecule has 5 nitrogen and oxygen atoms in total. The molecule has 1 fully saturated rings. The minimum absolute atomic E-state index is 0.116. The van der Waals surface area contributed by atoms with Gasteiger partial charge >= 0.3 is 0 Å². The molecule has 4 rings (SSSR count). The number of aromatic nitrogens is 1. The molecule has 144 valence electrons. The fourth-order valence-corrected chi connectivity index (χ4v) is 3.76. The summed E-state index contributed by atoms with van der Waals surface area (Å²) in [5, 5.41) is 19.5. The highest BCUT2D eigenvalue weighted by atomic mass is 35.5. The predicted octanol–water partition coefficient (Wildman–Crippen LogP) is 5.10. The lowest BCUT2D eigenvalue weighted by atomic mass is 10.1. The van der Waals surface area contributed by atoms with Gasteiger partial charge in [-0.25, -0.2) is 4.98 Å². The van der Waals surface area contributed by atoms with Gasteiger partial charge in [-0.3, -0.25) is 0 Å². The summed E-state index contributed by atoms with van der Waals surface area (Å²) >= 11 is 7.66. The Morgan fingerprint density at radius 1 is 1.04 bits per heavy atom. The van der Waals surface area contributed by atoms with Gasteiger partial charge in [0.2, 0.25) is 0 Å². The molecule has 1 unspecified atom stereocenters. The van der Waals surface area contributed by atoms with E-state index in [-0.39, 0.29) is 11.3 Å². The average molecular weight is 415 g/mol. The van der Waals surface area contributed by atoms with Crippen molar-refractivity contribution < 1.29 is 14.6 Å². The van der Waals surface area contributed by atoms with Gasteiger partial charge in [-0.1, -0.05) is 42.5 Å². The van der Waals surface area contributed by atoms with Gasteiger partial charge in [0.1, 0.15) is 27.8 Å². The fraction of sp³-hybridized carbons (Fsp3) is 0.238. The summed E-state index contributed by atoms with van der Waals surface area (Å²) in [6.45, 7) is 3.11. The Morgan fingerprint density at radius 2 is 1.64 bits per heavy atom. The summed E-state index contributed by atoms with van der Waals surface area (Å²) in [7, 11) is 0. The lowest BCUT2D eigenvalue weighted by Crippen LogP contribution is -2.16. The first-order valence-electron chi connectivity index (χ1n) is 8.74. The molecule has 1 aromatic heterocycles. The van der Waals surface area contributed by atoms with Crippen molar-refractivity contribution >= 4 is 38.7 Å². The van der Waals surface area contributed by atoms with Crippen LogP contribution in [0.25, 0.3) is 15.8 Å². The number of thiazole rings is 1. The molecule has 2 heterocycles. The first-order valence-corrected chi connectivity index (χ1v) is 9.99. The summed E-state index contributed by atoms with van der Waals surface area (Å²) in [4.78, 5) is 4.40. The fourth-order valence-electron chi connectivity index (χ4n) is 2.54. The van der Waals surface area contributed by atoms with Gasteiger partial charge in [0.15, 0.2) is 0 Å². The molecule has 1 aliphatic heterocycles. The van der Waals surface area contributed by atoms with Gasteiger partial charge in [0, 0.05) is 0 Å². The van der Waals surface area contributed by atoms with E-state index in [0.29, 0.717) is 5.01 Å². The van der Waals surface area contributed by atoms with Crippen molar-refractivity contribution in [2.45, 2.75) is 5.38 Å². The topological polar surface area (TPSA) is 75.4 Å². The van der Waals surface area contributed by atoms with Crippen molar-refractivity contribution in [2.75, 3.05) is 26.4 Å². The lowest BCUT2D eigenvalue weighted by Gasteiger charge is -2.10. The van der Waals surface area contributed by atoms with Crippen LogP contribution in [-0.4, -0.2) is 36.5 Å². The zero-order chi connectivity index (χ0) is 19.8. The largest absolute Gasteiger partial charge is 0.509 e. The molecule has 3 aromatic rings. The molecule has 0 radical (unpaired) electrons. The predicted molar refractivity (Wildman–Crippen MR) is 111 cm³/mol. The number of benzene rings is 2. The summed E-state index contributed by atoms with van der Waals surface area (Å²) in [5.74, 6) is -0.172. The minimum Gasteiger partial charge on any atom is -0.509 e. The zero-order valence-electron chi connectivity index (χ0n) is 15.0. The molecule has 28 heavy (non-hydrogen) atoms. The van der Waals surface area contributed by atoms with E-state index in [1.807, 2.05) is 48.5 Å². The van der Waals surface area contributed by atoms with Crippen LogP contribution in [0.2, 0.25) is 0 Å².